The Morgan fingerprint density at radius 1 is 1.10 bits per heavy atom. The van der Waals surface area contributed by atoms with E-state index in [-0.39, 0.29) is 20.1 Å². The molecule has 0 saturated heterocycles. The van der Waals surface area contributed by atoms with Crippen molar-refractivity contribution >= 4 is 59.2 Å². The first-order valence-electron chi connectivity index (χ1n) is 5.22. The first-order valence-corrected chi connectivity index (χ1v) is 8.67. The molecule has 106 valence electrons. The standard InChI is InChI=1S/C12H7Br2ClFNO2S/c13-7-1-4-12(10(15)5-7)20(18,19)17-8-2-3-9(14)11(16)6-8/h1-6,17H. The highest BCUT2D eigenvalue weighted by atomic mass is 79.9. The topological polar surface area (TPSA) is 46.2 Å². The van der Waals surface area contributed by atoms with Gasteiger partial charge in [0.15, 0.2) is 0 Å². The van der Waals surface area contributed by atoms with Gasteiger partial charge < -0.3 is 0 Å². The summed E-state index contributed by atoms with van der Waals surface area (Å²) in [5.74, 6) is -0.563. The average molecular weight is 444 g/mol. The normalized spacial score (nSPS) is 11.4. The monoisotopic (exact) mass is 441 g/mol. The lowest BCUT2D eigenvalue weighted by molar-refractivity contribution is 0.601. The van der Waals surface area contributed by atoms with Crippen LogP contribution in [0.1, 0.15) is 0 Å². The molecule has 3 nitrogen and oxygen atoms in total. The Labute approximate surface area is 137 Å². The zero-order valence-electron chi connectivity index (χ0n) is 9.70. The van der Waals surface area contributed by atoms with Crippen molar-refractivity contribution in [1.29, 1.82) is 0 Å². The van der Waals surface area contributed by atoms with E-state index in [0.29, 0.717) is 4.47 Å². The molecule has 2 aromatic rings. The summed E-state index contributed by atoms with van der Waals surface area (Å²) < 4.78 is 40.9. The van der Waals surface area contributed by atoms with Crippen LogP contribution in [0.15, 0.2) is 50.2 Å². The molecule has 0 fully saturated rings. The second kappa shape index (κ2) is 6.01. The van der Waals surface area contributed by atoms with Gasteiger partial charge in [-0.15, -0.1) is 0 Å². The Hall–Kier alpha value is -0.630. The molecule has 0 radical (unpaired) electrons. The van der Waals surface area contributed by atoms with Gasteiger partial charge in [0.1, 0.15) is 10.7 Å². The van der Waals surface area contributed by atoms with E-state index in [1.807, 2.05) is 0 Å². The fourth-order valence-electron chi connectivity index (χ4n) is 1.46. The highest BCUT2D eigenvalue weighted by molar-refractivity contribution is 9.10. The Morgan fingerprint density at radius 3 is 2.40 bits per heavy atom. The van der Waals surface area contributed by atoms with Gasteiger partial charge in [0.2, 0.25) is 0 Å². The van der Waals surface area contributed by atoms with Crippen LogP contribution in [0.4, 0.5) is 10.1 Å². The molecule has 1 N–H and O–H groups in total. The molecular formula is C12H7Br2ClFNO2S. The van der Waals surface area contributed by atoms with Gasteiger partial charge in [0.05, 0.1) is 15.2 Å². The SMILES string of the molecule is O=S(=O)(Nc1ccc(Br)c(F)c1)c1ccc(Br)cc1Cl. The third kappa shape index (κ3) is 3.52. The van der Waals surface area contributed by atoms with Crippen LogP contribution >= 0.6 is 43.5 Å². The maximum absolute atomic E-state index is 13.4. The zero-order chi connectivity index (χ0) is 14.9. The number of halogens is 4. The van der Waals surface area contributed by atoms with Gasteiger partial charge in [-0.05, 0) is 52.3 Å². The molecule has 0 atom stereocenters. The Balaban J connectivity index is 2.38. The minimum atomic E-state index is -3.88. The quantitative estimate of drug-likeness (QED) is 0.741. The maximum Gasteiger partial charge on any atom is 0.263 e. The fourth-order valence-corrected chi connectivity index (χ4v) is 3.80. The molecule has 20 heavy (non-hydrogen) atoms. The van der Waals surface area contributed by atoms with E-state index in [9.17, 15) is 12.8 Å². The van der Waals surface area contributed by atoms with Crippen molar-refractivity contribution in [2.75, 3.05) is 4.72 Å². The van der Waals surface area contributed by atoms with Crippen molar-refractivity contribution < 1.29 is 12.8 Å². The van der Waals surface area contributed by atoms with Crippen molar-refractivity contribution in [1.82, 2.24) is 0 Å². The first-order chi connectivity index (χ1) is 9.29. The third-order valence-electron chi connectivity index (χ3n) is 2.36. The molecule has 0 aliphatic heterocycles. The molecule has 0 aromatic heterocycles. The molecule has 0 saturated carbocycles. The molecule has 2 aromatic carbocycles. The highest BCUT2D eigenvalue weighted by Gasteiger charge is 2.18. The largest absolute Gasteiger partial charge is 0.279 e. The minimum absolute atomic E-state index is 0.0736. The van der Waals surface area contributed by atoms with E-state index in [0.717, 1.165) is 6.07 Å². The van der Waals surface area contributed by atoms with Gasteiger partial charge in [-0.3, -0.25) is 4.72 Å². The maximum atomic E-state index is 13.4. The molecule has 8 heteroatoms. The Morgan fingerprint density at radius 2 is 1.80 bits per heavy atom. The van der Waals surface area contributed by atoms with Crippen molar-refractivity contribution in [3.63, 3.8) is 0 Å². The van der Waals surface area contributed by atoms with Crippen molar-refractivity contribution in [3.8, 4) is 0 Å². The van der Waals surface area contributed by atoms with Gasteiger partial charge in [0, 0.05) is 4.47 Å². The third-order valence-corrected chi connectivity index (χ3v) is 5.36. The lowest BCUT2D eigenvalue weighted by Gasteiger charge is -2.10. The Bertz CT molecular complexity index is 768. The summed E-state index contributed by atoms with van der Waals surface area (Å²) in [5.41, 5.74) is 0.115. The van der Waals surface area contributed by atoms with E-state index in [4.69, 9.17) is 11.6 Å². The summed E-state index contributed by atoms with van der Waals surface area (Å²) in [4.78, 5) is -0.0781. The van der Waals surface area contributed by atoms with Crippen LogP contribution in [-0.4, -0.2) is 8.42 Å². The van der Waals surface area contributed by atoms with Crippen LogP contribution < -0.4 is 4.72 Å². The number of benzene rings is 2. The van der Waals surface area contributed by atoms with E-state index in [1.165, 1.54) is 24.3 Å². The second-order valence-electron chi connectivity index (χ2n) is 3.81. The first kappa shape index (κ1) is 15.8. The molecular weight excluding hydrogens is 436 g/mol. The molecule has 0 aliphatic rings. The molecule has 0 spiro atoms. The molecule has 0 aliphatic carbocycles. The number of hydrogen-bond donors (Lipinski definition) is 1. The zero-order valence-corrected chi connectivity index (χ0v) is 14.4. The van der Waals surface area contributed by atoms with Crippen LogP contribution in [0.3, 0.4) is 0 Å². The number of sulfonamides is 1. The number of rotatable bonds is 3. The van der Waals surface area contributed by atoms with E-state index in [1.54, 1.807) is 6.07 Å². The minimum Gasteiger partial charge on any atom is -0.279 e. The van der Waals surface area contributed by atoms with Crippen LogP contribution in [0.5, 0.6) is 0 Å². The van der Waals surface area contributed by atoms with Gasteiger partial charge in [-0.2, -0.15) is 0 Å². The van der Waals surface area contributed by atoms with Gasteiger partial charge in [-0.1, -0.05) is 27.5 Å². The van der Waals surface area contributed by atoms with Crippen LogP contribution in [0.25, 0.3) is 0 Å². The van der Waals surface area contributed by atoms with Crippen molar-refractivity contribution in [2.45, 2.75) is 4.90 Å². The van der Waals surface area contributed by atoms with Crippen molar-refractivity contribution in [2.24, 2.45) is 0 Å². The summed E-state index contributed by atoms with van der Waals surface area (Å²) in [6.07, 6.45) is 0. The second-order valence-corrected chi connectivity index (χ2v) is 7.64. The van der Waals surface area contributed by atoms with E-state index >= 15 is 0 Å². The van der Waals surface area contributed by atoms with Gasteiger partial charge in [-0.25, -0.2) is 12.8 Å². The summed E-state index contributed by atoms with van der Waals surface area (Å²) in [5, 5.41) is 0.0736. The summed E-state index contributed by atoms with van der Waals surface area (Å²) >= 11 is 12.1. The molecule has 2 rings (SSSR count). The fraction of sp³-hybridized carbons (Fsp3) is 0. The molecule has 0 bridgehead atoms. The van der Waals surface area contributed by atoms with Crippen LogP contribution in [0, 0.1) is 5.82 Å². The van der Waals surface area contributed by atoms with Gasteiger partial charge in [0.25, 0.3) is 10.0 Å². The van der Waals surface area contributed by atoms with E-state index in [2.05, 4.69) is 36.6 Å². The lowest BCUT2D eigenvalue weighted by atomic mass is 10.3. The lowest BCUT2D eigenvalue weighted by Crippen LogP contribution is -2.13. The summed E-state index contributed by atoms with van der Waals surface area (Å²) in [7, 11) is -3.88. The molecule has 0 unspecified atom stereocenters. The van der Waals surface area contributed by atoms with Crippen LogP contribution in [-0.2, 0) is 10.0 Å². The predicted molar refractivity (Wildman–Crippen MR) is 84.1 cm³/mol. The summed E-state index contributed by atoms with van der Waals surface area (Å²) in [6.45, 7) is 0. The van der Waals surface area contributed by atoms with Crippen molar-refractivity contribution in [3.05, 3.63) is 56.2 Å². The smallest absolute Gasteiger partial charge is 0.263 e. The number of hydrogen-bond acceptors (Lipinski definition) is 2. The number of anilines is 1. The van der Waals surface area contributed by atoms with E-state index < -0.39 is 15.8 Å². The summed E-state index contributed by atoms with van der Waals surface area (Å²) in [6, 6.07) is 8.33. The molecule has 0 amide bonds. The van der Waals surface area contributed by atoms with Gasteiger partial charge >= 0.3 is 0 Å². The highest BCUT2D eigenvalue weighted by Crippen LogP contribution is 2.27. The average Bonchev–Trinajstić information content (AvgIpc) is 2.33. The number of nitrogens with one attached hydrogen (secondary N) is 1. The van der Waals surface area contributed by atoms with Crippen LogP contribution in [0.2, 0.25) is 5.02 Å². The molecule has 0 heterocycles. The predicted octanol–water partition coefficient (Wildman–Crippen LogP) is 4.80. The Kier molecular flexibility index (Phi) is 4.73.